The van der Waals surface area contributed by atoms with Gasteiger partial charge in [0.05, 0.1) is 17.2 Å². The van der Waals surface area contributed by atoms with Gasteiger partial charge in [-0.05, 0) is 86.2 Å². The molecule has 6 nitrogen and oxygen atoms in total. The second-order valence-corrected chi connectivity index (χ2v) is 10.4. The number of benzene rings is 3. The fraction of sp³-hybridized carbons (Fsp3) is 0.269. The lowest BCUT2D eigenvalue weighted by Gasteiger charge is -2.24. The SMILES string of the molecule is CCOc1ccc(CCCNC(=O)CN(c2cccc(F)c2)S(=O)(=O)c2ccc(SC)cc2)cc1. The van der Waals surface area contributed by atoms with Crippen LogP contribution >= 0.6 is 11.8 Å². The van der Waals surface area contributed by atoms with Gasteiger partial charge in [-0.1, -0.05) is 18.2 Å². The minimum absolute atomic E-state index is 0.0304. The van der Waals surface area contributed by atoms with Crippen molar-refractivity contribution in [3.63, 3.8) is 0 Å². The lowest BCUT2D eigenvalue weighted by Crippen LogP contribution is -2.41. The van der Waals surface area contributed by atoms with E-state index in [1.165, 1.54) is 42.1 Å². The molecular weight excluding hydrogens is 487 g/mol. The van der Waals surface area contributed by atoms with Crippen molar-refractivity contribution in [1.29, 1.82) is 0 Å². The molecule has 0 heterocycles. The van der Waals surface area contributed by atoms with E-state index in [9.17, 15) is 17.6 Å². The molecule has 0 atom stereocenters. The largest absolute Gasteiger partial charge is 0.494 e. The summed E-state index contributed by atoms with van der Waals surface area (Å²) >= 11 is 1.49. The lowest BCUT2D eigenvalue weighted by atomic mass is 10.1. The van der Waals surface area contributed by atoms with Gasteiger partial charge in [0.15, 0.2) is 0 Å². The molecule has 0 saturated carbocycles. The van der Waals surface area contributed by atoms with Crippen molar-refractivity contribution in [3.05, 3.63) is 84.2 Å². The zero-order valence-corrected chi connectivity index (χ0v) is 21.4. The number of rotatable bonds is 12. The number of aryl methyl sites for hydroxylation is 1. The second-order valence-electron chi connectivity index (χ2n) is 7.70. The van der Waals surface area contributed by atoms with Crippen molar-refractivity contribution in [2.75, 3.05) is 30.3 Å². The number of carbonyl (C=O) groups is 1. The summed E-state index contributed by atoms with van der Waals surface area (Å²) in [4.78, 5) is 13.6. The van der Waals surface area contributed by atoms with Gasteiger partial charge in [-0.15, -0.1) is 11.8 Å². The summed E-state index contributed by atoms with van der Waals surface area (Å²) in [6.45, 7) is 2.46. The Bertz CT molecular complexity index is 1220. The molecule has 35 heavy (non-hydrogen) atoms. The van der Waals surface area contributed by atoms with Crippen LogP contribution in [-0.4, -0.2) is 40.3 Å². The number of hydrogen-bond acceptors (Lipinski definition) is 5. The first-order valence-electron chi connectivity index (χ1n) is 11.2. The van der Waals surface area contributed by atoms with Gasteiger partial charge in [-0.2, -0.15) is 0 Å². The zero-order valence-electron chi connectivity index (χ0n) is 19.7. The maximum atomic E-state index is 13.9. The Balaban J connectivity index is 1.66. The summed E-state index contributed by atoms with van der Waals surface area (Å²) in [6.07, 6.45) is 3.33. The summed E-state index contributed by atoms with van der Waals surface area (Å²) in [5.41, 5.74) is 1.20. The maximum absolute atomic E-state index is 13.9. The normalized spacial score (nSPS) is 11.2. The van der Waals surface area contributed by atoms with Crippen LogP contribution in [0.15, 0.2) is 82.6 Å². The predicted molar refractivity (Wildman–Crippen MR) is 138 cm³/mol. The van der Waals surface area contributed by atoms with Crippen LogP contribution < -0.4 is 14.4 Å². The molecule has 0 aromatic heterocycles. The highest BCUT2D eigenvalue weighted by atomic mass is 32.2. The Kier molecular flexibility index (Phi) is 9.56. The van der Waals surface area contributed by atoms with E-state index in [1.807, 2.05) is 37.4 Å². The summed E-state index contributed by atoms with van der Waals surface area (Å²) in [7, 11) is -4.09. The minimum atomic E-state index is -4.09. The lowest BCUT2D eigenvalue weighted by molar-refractivity contribution is -0.119. The quantitative estimate of drug-likeness (QED) is 0.274. The van der Waals surface area contributed by atoms with Crippen LogP contribution in [0.5, 0.6) is 5.75 Å². The topological polar surface area (TPSA) is 75.7 Å². The van der Waals surface area contributed by atoms with Crippen LogP contribution in [0.3, 0.4) is 0 Å². The number of hydrogen-bond donors (Lipinski definition) is 1. The maximum Gasteiger partial charge on any atom is 0.264 e. The highest BCUT2D eigenvalue weighted by molar-refractivity contribution is 7.98. The Morgan fingerprint density at radius 2 is 1.77 bits per heavy atom. The predicted octanol–water partition coefficient (Wildman–Crippen LogP) is 4.89. The van der Waals surface area contributed by atoms with Gasteiger partial charge in [0.2, 0.25) is 5.91 Å². The van der Waals surface area contributed by atoms with Crippen LogP contribution in [0, 0.1) is 5.82 Å². The summed E-state index contributed by atoms with van der Waals surface area (Å²) in [5.74, 6) is -0.243. The molecule has 3 rings (SSSR count). The Morgan fingerprint density at radius 1 is 1.06 bits per heavy atom. The van der Waals surface area contributed by atoms with Gasteiger partial charge in [-0.3, -0.25) is 9.10 Å². The average Bonchev–Trinajstić information content (AvgIpc) is 2.86. The van der Waals surface area contributed by atoms with E-state index in [2.05, 4.69) is 5.32 Å². The number of anilines is 1. The number of sulfonamides is 1. The molecule has 0 bridgehead atoms. The molecule has 0 fully saturated rings. The number of nitrogens with one attached hydrogen (secondary N) is 1. The van der Waals surface area contributed by atoms with Crippen molar-refractivity contribution in [1.82, 2.24) is 5.32 Å². The average molecular weight is 517 g/mol. The van der Waals surface area contributed by atoms with Gasteiger partial charge in [0.1, 0.15) is 18.1 Å². The van der Waals surface area contributed by atoms with Crippen LogP contribution in [0.25, 0.3) is 0 Å². The van der Waals surface area contributed by atoms with E-state index in [4.69, 9.17) is 4.74 Å². The molecular formula is C26H29FN2O4S2. The molecule has 3 aromatic carbocycles. The smallest absolute Gasteiger partial charge is 0.264 e. The van der Waals surface area contributed by atoms with Crippen LogP contribution in [-0.2, 0) is 21.2 Å². The molecule has 9 heteroatoms. The first kappa shape index (κ1) is 26.6. The Morgan fingerprint density at radius 3 is 2.40 bits per heavy atom. The van der Waals surface area contributed by atoms with E-state index < -0.39 is 28.3 Å². The van der Waals surface area contributed by atoms with Gasteiger partial charge < -0.3 is 10.1 Å². The van der Waals surface area contributed by atoms with Crippen molar-refractivity contribution in [2.24, 2.45) is 0 Å². The first-order chi connectivity index (χ1) is 16.8. The van der Waals surface area contributed by atoms with E-state index in [0.717, 1.165) is 33.0 Å². The highest BCUT2D eigenvalue weighted by Gasteiger charge is 2.27. The molecule has 3 aromatic rings. The summed E-state index contributed by atoms with van der Waals surface area (Å²) < 4.78 is 47.0. The number of nitrogens with zero attached hydrogens (tertiary/aromatic N) is 1. The first-order valence-corrected chi connectivity index (χ1v) is 13.9. The fourth-order valence-electron chi connectivity index (χ4n) is 3.45. The molecule has 0 radical (unpaired) electrons. The third kappa shape index (κ3) is 7.47. The van der Waals surface area contributed by atoms with Crippen LogP contribution in [0.4, 0.5) is 10.1 Å². The van der Waals surface area contributed by atoms with Crippen molar-refractivity contribution in [3.8, 4) is 5.75 Å². The van der Waals surface area contributed by atoms with Gasteiger partial charge in [-0.25, -0.2) is 12.8 Å². The van der Waals surface area contributed by atoms with Crippen LogP contribution in [0.2, 0.25) is 0 Å². The molecule has 0 unspecified atom stereocenters. The number of carbonyl (C=O) groups excluding carboxylic acids is 1. The monoisotopic (exact) mass is 516 g/mol. The molecule has 1 N–H and O–H groups in total. The second kappa shape index (κ2) is 12.6. The Labute approximate surface area is 210 Å². The van der Waals surface area contributed by atoms with Crippen LogP contribution in [0.1, 0.15) is 18.9 Å². The standard InChI is InChI=1S/C26H29FN2O4S2/c1-3-33-23-11-9-20(10-12-23)6-5-17-28-26(30)19-29(22-8-4-7-21(27)18-22)35(31,32)25-15-13-24(34-2)14-16-25/h4,7-16,18H,3,5-6,17,19H2,1-2H3,(H,28,30). The molecule has 186 valence electrons. The summed E-state index contributed by atoms with van der Waals surface area (Å²) in [6, 6.07) is 19.4. The van der Waals surface area contributed by atoms with Gasteiger partial charge >= 0.3 is 0 Å². The van der Waals surface area contributed by atoms with Crippen molar-refractivity contribution >= 4 is 33.4 Å². The molecule has 0 spiro atoms. The molecule has 0 aliphatic heterocycles. The Hall–Kier alpha value is -3.04. The van der Waals surface area contributed by atoms with Gasteiger partial charge in [0.25, 0.3) is 10.0 Å². The molecule has 1 amide bonds. The van der Waals surface area contributed by atoms with E-state index >= 15 is 0 Å². The van der Waals surface area contributed by atoms with Gasteiger partial charge in [0, 0.05) is 11.4 Å². The van der Waals surface area contributed by atoms with E-state index in [0.29, 0.717) is 19.6 Å². The number of halogens is 1. The third-order valence-corrected chi connectivity index (χ3v) is 7.76. The van der Waals surface area contributed by atoms with Crippen molar-refractivity contribution < 1.29 is 22.3 Å². The molecule has 0 saturated heterocycles. The van der Waals surface area contributed by atoms with Crippen molar-refractivity contribution in [2.45, 2.75) is 29.6 Å². The van der Waals surface area contributed by atoms with E-state index in [-0.39, 0.29) is 10.6 Å². The summed E-state index contributed by atoms with van der Waals surface area (Å²) in [5, 5.41) is 2.77. The fourth-order valence-corrected chi connectivity index (χ4v) is 5.27. The molecule has 0 aliphatic carbocycles. The third-order valence-electron chi connectivity index (χ3n) is 5.23. The number of amides is 1. The number of ether oxygens (including phenoxy) is 1. The minimum Gasteiger partial charge on any atom is -0.494 e. The zero-order chi connectivity index (χ0) is 25.3. The van der Waals surface area contributed by atoms with E-state index in [1.54, 1.807) is 12.1 Å². The number of thioether (sulfide) groups is 1. The molecule has 0 aliphatic rings. The highest BCUT2D eigenvalue weighted by Crippen LogP contribution is 2.26.